The molecule has 9 heteroatoms. The van der Waals surface area contributed by atoms with Crippen LogP contribution < -0.4 is 4.72 Å². The van der Waals surface area contributed by atoms with Crippen molar-refractivity contribution in [3.05, 3.63) is 75.7 Å². The molecule has 25 heavy (non-hydrogen) atoms. The number of sulfonamides is 1. The SMILES string of the molecule is O=S(=O)(Nc1cnn(Cc2c(F)cccc2Cl)c1)c1ccc(Br)cc1. The molecule has 1 N–H and O–H groups in total. The second kappa shape index (κ2) is 7.15. The first kappa shape index (κ1) is 17.9. The Bertz CT molecular complexity index is 986. The molecule has 1 aromatic heterocycles. The number of nitrogens with one attached hydrogen (secondary N) is 1. The zero-order valence-corrected chi connectivity index (χ0v) is 15.8. The molecule has 0 saturated carbocycles. The fourth-order valence-electron chi connectivity index (χ4n) is 2.18. The standard InChI is InChI=1S/C16H12BrClFN3O2S/c17-11-4-6-13(7-5-11)25(23,24)21-12-8-20-22(9-12)10-14-15(18)2-1-3-16(14)19/h1-9,21H,10H2. The van der Waals surface area contributed by atoms with E-state index in [2.05, 4.69) is 25.8 Å². The van der Waals surface area contributed by atoms with Crippen LogP contribution in [0.25, 0.3) is 0 Å². The third kappa shape index (κ3) is 4.20. The number of nitrogens with zero attached hydrogens (tertiary/aromatic N) is 2. The zero-order valence-electron chi connectivity index (χ0n) is 12.7. The molecular formula is C16H12BrClFN3O2S. The molecule has 0 aliphatic carbocycles. The van der Waals surface area contributed by atoms with Crippen LogP contribution in [0.4, 0.5) is 10.1 Å². The highest BCUT2D eigenvalue weighted by Crippen LogP contribution is 2.21. The number of aromatic nitrogens is 2. The number of hydrogen-bond acceptors (Lipinski definition) is 3. The molecule has 0 unspecified atom stereocenters. The Morgan fingerprint density at radius 1 is 1.20 bits per heavy atom. The van der Waals surface area contributed by atoms with Gasteiger partial charge in [-0.25, -0.2) is 12.8 Å². The van der Waals surface area contributed by atoms with Gasteiger partial charge < -0.3 is 0 Å². The summed E-state index contributed by atoms with van der Waals surface area (Å²) < 4.78 is 43.1. The fourth-order valence-corrected chi connectivity index (χ4v) is 3.69. The van der Waals surface area contributed by atoms with Crippen molar-refractivity contribution >= 4 is 43.2 Å². The van der Waals surface area contributed by atoms with Gasteiger partial charge in [0.25, 0.3) is 10.0 Å². The highest BCUT2D eigenvalue weighted by Gasteiger charge is 2.15. The van der Waals surface area contributed by atoms with E-state index in [4.69, 9.17) is 11.6 Å². The van der Waals surface area contributed by atoms with Crippen molar-refractivity contribution in [2.45, 2.75) is 11.4 Å². The molecule has 1 heterocycles. The van der Waals surface area contributed by atoms with Crippen molar-refractivity contribution in [2.75, 3.05) is 4.72 Å². The van der Waals surface area contributed by atoms with E-state index in [1.165, 1.54) is 41.3 Å². The van der Waals surface area contributed by atoms with Gasteiger partial charge in [-0.1, -0.05) is 33.6 Å². The van der Waals surface area contributed by atoms with Crippen LogP contribution in [0.3, 0.4) is 0 Å². The first-order valence-electron chi connectivity index (χ1n) is 7.09. The molecule has 0 fully saturated rings. The minimum atomic E-state index is -3.73. The van der Waals surface area contributed by atoms with Gasteiger partial charge in [0.15, 0.2) is 0 Å². The third-order valence-corrected chi connectivity index (χ3v) is 5.67. The van der Waals surface area contributed by atoms with Crippen molar-refractivity contribution in [3.8, 4) is 0 Å². The van der Waals surface area contributed by atoms with Crippen molar-refractivity contribution in [3.63, 3.8) is 0 Å². The van der Waals surface area contributed by atoms with Gasteiger partial charge in [0.2, 0.25) is 0 Å². The lowest BCUT2D eigenvalue weighted by atomic mass is 10.2. The summed E-state index contributed by atoms with van der Waals surface area (Å²) in [6, 6.07) is 10.6. The van der Waals surface area contributed by atoms with Crippen LogP contribution in [0.15, 0.2) is 64.2 Å². The van der Waals surface area contributed by atoms with Gasteiger partial charge in [-0.3, -0.25) is 9.40 Å². The predicted molar refractivity (Wildman–Crippen MR) is 97.7 cm³/mol. The van der Waals surface area contributed by atoms with Crippen molar-refractivity contribution < 1.29 is 12.8 Å². The monoisotopic (exact) mass is 443 g/mol. The van der Waals surface area contributed by atoms with Gasteiger partial charge in [0.05, 0.1) is 23.3 Å². The zero-order chi connectivity index (χ0) is 18.0. The van der Waals surface area contributed by atoms with E-state index < -0.39 is 15.8 Å². The summed E-state index contributed by atoms with van der Waals surface area (Å²) >= 11 is 9.24. The van der Waals surface area contributed by atoms with E-state index in [1.807, 2.05) is 0 Å². The highest BCUT2D eigenvalue weighted by molar-refractivity contribution is 9.10. The Morgan fingerprint density at radius 3 is 2.60 bits per heavy atom. The summed E-state index contributed by atoms with van der Waals surface area (Å²) in [5.74, 6) is -0.444. The molecule has 5 nitrogen and oxygen atoms in total. The lowest BCUT2D eigenvalue weighted by Crippen LogP contribution is -2.12. The molecule has 3 aromatic rings. The lowest BCUT2D eigenvalue weighted by molar-refractivity contribution is 0.585. The average molecular weight is 445 g/mol. The summed E-state index contributed by atoms with van der Waals surface area (Å²) in [5.41, 5.74) is 0.560. The molecular weight excluding hydrogens is 433 g/mol. The normalized spacial score (nSPS) is 11.5. The third-order valence-electron chi connectivity index (χ3n) is 3.39. The Hall–Kier alpha value is -1.90. The van der Waals surface area contributed by atoms with E-state index in [9.17, 15) is 12.8 Å². The number of halogens is 3. The molecule has 0 atom stereocenters. The Labute approximate surface area is 157 Å². The molecule has 0 bridgehead atoms. The molecule has 0 aliphatic heterocycles. The molecule has 0 saturated heterocycles. The van der Waals surface area contributed by atoms with Crippen LogP contribution in [0.1, 0.15) is 5.56 Å². The second-order valence-electron chi connectivity index (χ2n) is 5.19. The van der Waals surface area contributed by atoms with E-state index in [-0.39, 0.29) is 27.7 Å². The molecule has 3 rings (SSSR count). The van der Waals surface area contributed by atoms with Crippen LogP contribution in [-0.4, -0.2) is 18.2 Å². The van der Waals surface area contributed by atoms with Gasteiger partial charge in [0.1, 0.15) is 5.82 Å². The smallest absolute Gasteiger partial charge is 0.261 e. The van der Waals surface area contributed by atoms with Gasteiger partial charge in [0, 0.05) is 21.3 Å². The van der Waals surface area contributed by atoms with Gasteiger partial charge in [-0.15, -0.1) is 0 Å². The van der Waals surface area contributed by atoms with Crippen LogP contribution >= 0.6 is 27.5 Å². The van der Waals surface area contributed by atoms with E-state index in [1.54, 1.807) is 18.2 Å². The van der Waals surface area contributed by atoms with Crippen molar-refractivity contribution in [1.29, 1.82) is 0 Å². The number of rotatable bonds is 5. The largest absolute Gasteiger partial charge is 0.276 e. The van der Waals surface area contributed by atoms with Gasteiger partial charge in [-0.2, -0.15) is 5.10 Å². The molecule has 0 amide bonds. The average Bonchev–Trinajstić information content (AvgIpc) is 2.98. The lowest BCUT2D eigenvalue weighted by Gasteiger charge is -2.07. The number of benzene rings is 2. The first-order chi connectivity index (χ1) is 11.8. The summed E-state index contributed by atoms with van der Waals surface area (Å²) in [5, 5.41) is 4.33. The van der Waals surface area contributed by atoms with Crippen molar-refractivity contribution in [1.82, 2.24) is 9.78 Å². The quantitative estimate of drug-likeness (QED) is 0.638. The maximum Gasteiger partial charge on any atom is 0.261 e. The van der Waals surface area contributed by atoms with Crippen LogP contribution in [0.5, 0.6) is 0 Å². The molecule has 130 valence electrons. The van der Waals surface area contributed by atoms with Gasteiger partial charge >= 0.3 is 0 Å². The predicted octanol–water partition coefficient (Wildman–Crippen LogP) is 4.29. The molecule has 0 spiro atoms. The Kier molecular flexibility index (Phi) is 5.12. The second-order valence-corrected chi connectivity index (χ2v) is 8.19. The Balaban J connectivity index is 1.79. The summed E-state index contributed by atoms with van der Waals surface area (Å²) in [4.78, 5) is 0.126. The summed E-state index contributed by atoms with van der Waals surface area (Å²) in [6.45, 7) is 0.0888. The summed E-state index contributed by atoms with van der Waals surface area (Å²) in [6.07, 6.45) is 2.82. The van der Waals surface area contributed by atoms with E-state index >= 15 is 0 Å². The van der Waals surface area contributed by atoms with Crippen LogP contribution in [-0.2, 0) is 16.6 Å². The maximum atomic E-state index is 13.8. The van der Waals surface area contributed by atoms with E-state index in [0.717, 1.165) is 4.47 Å². The topological polar surface area (TPSA) is 64.0 Å². The minimum Gasteiger partial charge on any atom is -0.276 e. The minimum absolute atomic E-state index is 0.0888. The fraction of sp³-hybridized carbons (Fsp3) is 0.0625. The first-order valence-corrected chi connectivity index (χ1v) is 9.74. The molecule has 0 aliphatic rings. The maximum absolute atomic E-state index is 13.8. The van der Waals surface area contributed by atoms with E-state index in [0.29, 0.717) is 0 Å². The van der Waals surface area contributed by atoms with Crippen LogP contribution in [0, 0.1) is 5.82 Å². The Morgan fingerprint density at radius 2 is 1.92 bits per heavy atom. The van der Waals surface area contributed by atoms with Crippen molar-refractivity contribution in [2.24, 2.45) is 0 Å². The van der Waals surface area contributed by atoms with Gasteiger partial charge in [-0.05, 0) is 36.4 Å². The molecule has 2 aromatic carbocycles. The van der Waals surface area contributed by atoms with Crippen LogP contribution in [0.2, 0.25) is 5.02 Å². The summed E-state index contributed by atoms with van der Waals surface area (Å²) in [7, 11) is -3.73. The highest BCUT2D eigenvalue weighted by atomic mass is 79.9. The number of anilines is 1. The number of hydrogen-bond donors (Lipinski definition) is 1. The molecule has 0 radical (unpaired) electrons.